The molecular weight excluding hydrogens is 570 g/mol. The van der Waals surface area contributed by atoms with E-state index in [0.29, 0.717) is 62.3 Å². The highest BCUT2D eigenvalue weighted by atomic mass is 79.9. The molecule has 1 aliphatic rings. The number of piperazine rings is 1. The third kappa shape index (κ3) is 7.36. The largest absolute Gasteiger partial charge is 0.341 e. The second-order valence-corrected chi connectivity index (χ2v) is 11.3. The van der Waals surface area contributed by atoms with Crippen molar-refractivity contribution in [2.75, 3.05) is 33.2 Å². The van der Waals surface area contributed by atoms with Crippen molar-refractivity contribution in [3.8, 4) is 0 Å². The number of hydrogen-bond donors (Lipinski definition) is 0. The molecule has 1 fully saturated rings. The second kappa shape index (κ2) is 12.8. The van der Waals surface area contributed by atoms with Crippen LogP contribution in [0.25, 0.3) is 0 Å². The zero-order valence-electron chi connectivity index (χ0n) is 19.9. The van der Waals surface area contributed by atoms with Gasteiger partial charge >= 0.3 is 0 Å². The molecule has 0 N–H and O–H groups in total. The third-order valence-corrected chi connectivity index (χ3v) is 8.34. The summed E-state index contributed by atoms with van der Waals surface area (Å²) in [5, 5.41) is 4.04. The van der Waals surface area contributed by atoms with E-state index in [9.17, 15) is 13.2 Å². The quantitative estimate of drug-likeness (QED) is 0.372. The molecular formula is C24H29BrClN5O4S. The van der Waals surface area contributed by atoms with E-state index in [0.717, 1.165) is 10.0 Å². The Morgan fingerprint density at radius 1 is 1.06 bits per heavy atom. The van der Waals surface area contributed by atoms with Gasteiger partial charge < -0.3 is 9.42 Å². The number of aryl methyl sites for hydroxylation is 1. The number of benzene rings is 2. The first-order chi connectivity index (χ1) is 16.8. The fraction of sp³-hybridized carbons (Fsp3) is 0.375. The summed E-state index contributed by atoms with van der Waals surface area (Å²) in [5.41, 5.74) is 1.08. The Hall–Kier alpha value is -2.31. The fourth-order valence-corrected chi connectivity index (χ4v) is 5.58. The number of aromatic nitrogens is 2. The zero-order valence-corrected chi connectivity index (χ0v) is 23.1. The Bertz CT molecular complexity index is 1230. The Balaban J connectivity index is 0.00000361. The Labute approximate surface area is 226 Å². The van der Waals surface area contributed by atoms with Crippen molar-refractivity contribution in [2.45, 2.75) is 30.8 Å². The molecule has 9 nitrogen and oxygen atoms in total. The van der Waals surface area contributed by atoms with Crippen LogP contribution in [0.2, 0.25) is 0 Å². The number of hydrogen-bond acceptors (Lipinski definition) is 7. The fourth-order valence-electron chi connectivity index (χ4n) is 3.89. The number of carbonyl (C=O) groups is 1. The van der Waals surface area contributed by atoms with Crippen molar-refractivity contribution in [3.63, 3.8) is 0 Å². The lowest BCUT2D eigenvalue weighted by atomic mass is 10.2. The summed E-state index contributed by atoms with van der Waals surface area (Å²) in [6, 6.07) is 16.5. The number of carbonyl (C=O) groups excluding carboxylic acids is 1. The minimum atomic E-state index is -3.51. The van der Waals surface area contributed by atoms with Gasteiger partial charge in [0.2, 0.25) is 21.8 Å². The van der Waals surface area contributed by atoms with E-state index < -0.39 is 10.0 Å². The van der Waals surface area contributed by atoms with Gasteiger partial charge in [-0.1, -0.05) is 51.4 Å². The van der Waals surface area contributed by atoms with Crippen LogP contribution in [0.15, 0.2) is 68.5 Å². The van der Waals surface area contributed by atoms with Crippen LogP contribution in [-0.2, 0) is 34.3 Å². The predicted molar refractivity (Wildman–Crippen MR) is 141 cm³/mol. The van der Waals surface area contributed by atoms with Crippen molar-refractivity contribution < 1.29 is 17.7 Å². The molecule has 2 heterocycles. The van der Waals surface area contributed by atoms with Crippen molar-refractivity contribution >= 4 is 44.3 Å². The molecule has 0 unspecified atom stereocenters. The summed E-state index contributed by atoms with van der Waals surface area (Å²) in [5.74, 6) is 0.976. The van der Waals surface area contributed by atoms with E-state index in [4.69, 9.17) is 4.52 Å². The van der Waals surface area contributed by atoms with Crippen LogP contribution in [0, 0.1) is 0 Å². The molecule has 0 radical (unpaired) electrons. The van der Waals surface area contributed by atoms with Crippen LogP contribution in [0.3, 0.4) is 0 Å². The Morgan fingerprint density at radius 2 is 1.72 bits per heavy atom. The standard InChI is InChI=1S/C24H28BrN5O4S.ClH/c1-28(17-19-5-3-2-4-6-19)24(31)12-11-23-26-22(27-34-23)18-29-13-15-30(16-14-29)35(32,33)21-9-7-20(25)8-10-21;/h2-10H,11-18H2,1H3;1H. The molecule has 36 heavy (non-hydrogen) atoms. The molecule has 1 amide bonds. The van der Waals surface area contributed by atoms with Crippen LogP contribution in [-0.4, -0.2) is 71.8 Å². The van der Waals surface area contributed by atoms with E-state index in [-0.39, 0.29) is 24.7 Å². The van der Waals surface area contributed by atoms with Gasteiger partial charge in [0.15, 0.2) is 5.82 Å². The highest BCUT2D eigenvalue weighted by molar-refractivity contribution is 9.10. The second-order valence-electron chi connectivity index (χ2n) is 8.47. The minimum Gasteiger partial charge on any atom is -0.341 e. The molecule has 1 aromatic heterocycles. The highest BCUT2D eigenvalue weighted by Gasteiger charge is 2.29. The molecule has 4 rings (SSSR count). The monoisotopic (exact) mass is 597 g/mol. The van der Waals surface area contributed by atoms with Crippen LogP contribution < -0.4 is 0 Å². The summed E-state index contributed by atoms with van der Waals surface area (Å²) < 4.78 is 33.4. The lowest BCUT2D eigenvalue weighted by Crippen LogP contribution is -2.48. The molecule has 0 saturated carbocycles. The van der Waals surface area contributed by atoms with Gasteiger partial charge in [-0.25, -0.2) is 8.42 Å². The van der Waals surface area contributed by atoms with Gasteiger partial charge in [0.25, 0.3) is 0 Å². The molecule has 0 atom stereocenters. The van der Waals surface area contributed by atoms with Crippen molar-refractivity contribution in [1.29, 1.82) is 0 Å². The summed E-state index contributed by atoms with van der Waals surface area (Å²) in [6.07, 6.45) is 0.668. The van der Waals surface area contributed by atoms with Gasteiger partial charge in [-0.05, 0) is 29.8 Å². The molecule has 0 aliphatic carbocycles. The van der Waals surface area contributed by atoms with E-state index in [1.807, 2.05) is 30.3 Å². The van der Waals surface area contributed by atoms with Crippen molar-refractivity contribution in [1.82, 2.24) is 24.2 Å². The van der Waals surface area contributed by atoms with Gasteiger partial charge in [0, 0.05) is 57.1 Å². The lowest BCUT2D eigenvalue weighted by molar-refractivity contribution is -0.130. The molecule has 0 bridgehead atoms. The number of amides is 1. The van der Waals surface area contributed by atoms with E-state index in [1.165, 1.54) is 4.31 Å². The Morgan fingerprint density at radius 3 is 2.39 bits per heavy atom. The lowest BCUT2D eigenvalue weighted by Gasteiger charge is -2.33. The summed E-state index contributed by atoms with van der Waals surface area (Å²) in [4.78, 5) is 20.9. The maximum absolute atomic E-state index is 12.9. The van der Waals surface area contributed by atoms with Crippen LogP contribution in [0.5, 0.6) is 0 Å². The molecule has 2 aromatic carbocycles. The van der Waals surface area contributed by atoms with Gasteiger partial charge in [-0.3, -0.25) is 9.69 Å². The summed E-state index contributed by atoms with van der Waals surface area (Å²) >= 11 is 3.33. The molecule has 1 aliphatic heterocycles. The van der Waals surface area contributed by atoms with Gasteiger partial charge in [-0.15, -0.1) is 12.4 Å². The maximum Gasteiger partial charge on any atom is 0.243 e. The molecule has 194 valence electrons. The molecule has 1 saturated heterocycles. The predicted octanol–water partition coefficient (Wildman–Crippen LogP) is 3.35. The normalized spacial score (nSPS) is 14.8. The summed E-state index contributed by atoms with van der Waals surface area (Å²) in [7, 11) is -1.73. The Kier molecular flexibility index (Phi) is 10.0. The third-order valence-electron chi connectivity index (χ3n) is 5.90. The highest BCUT2D eigenvalue weighted by Crippen LogP contribution is 2.20. The van der Waals surface area contributed by atoms with E-state index in [2.05, 4.69) is 31.0 Å². The number of sulfonamides is 1. The van der Waals surface area contributed by atoms with Gasteiger partial charge in [0.1, 0.15) is 0 Å². The molecule has 3 aromatic rings. The summed E-state index contributed by atoms with van der Waals surface area (Å²) in [6.45, 7) is 2.96. The zero-order chi connectivity index (χ0) is 24.8. The van der Waals surface area contributed by atoms with Gasteiger partial charge in [-0.2, -0.15) is 9.29 Å². The smallest absolute Gasteiger partial charge is 0.243 e. The number of halogens is 2. The number of rotatable bonds is 9. The van der Waals surface area contributed by atoms with Crippen LogP contribution in [0.4, 0.5) is 0 Å². The van der Waals surface area contributed by atoms with Gasteiger partial charge in [0.05, 0.1) is 11.4 Å². The first kappa shape index (κ1) is 28.3. The first-order valence-corrected chi connectivity index (χ1v) is 13.6. The van der Waals surface area contributed by atoms with Crippen LogP contribution >= 0.6 is 28.3 Å². The van der Waals surface area contributed by atoms with Crippen molar-refractivity contribution in [3.05, 3.63) is 76.3 Å². The maximum atomic E-state index is 12.9. The molecule has 12 heteroatoms. The average Bonchev–Trinajstić information content (AvgIpc) is 3.31. The minimum absolute atomic E-state index is 0. The number of nitrogens with zero attached hydrogens (tertiary/aromatic N) is 5. The average molecular weight is 599 g/mol. The van der Waals surface area contributed by atoms with Crippen LogP contribution in [0.1, 0.15) is 23.7 Å². The van der Waals surface area contributed by atoms with E-state index >= 15 is 0 Å². The van der Waals surface area contributed by atoms with E-state index in [1.54, 1.807) is 36.2 Å². The van der Waals surface area contributed by atoms with Crippen molar-refractivity contribution in [2.24, 2.45) is 0 Å². The SMILES string of the molecule is CN(Cc1ccccc1)C(=O)CCc1nc(CN2CCN(S(=O)(=O)c3ccc(Br)cc3)CC2)no1.Cl. The topological polar surface area (TPSA) is 99.9 Å². The first-order valence-electron chi connectivity index (χ1n) is 11.4. The molecule has 0 spiro atoms.